The Bertz CT molecular complexity index is 1600. The van der Waals surface area contributed by atoms with Gasteiger partial charge in [-0.2, -0.15) is 0 Å². The zero-order valence-corrected chi connectivity index (χ0v) is 24.6. The lowest BCUT2D eigenvalue weighted by Crippen LogP contribution is -2.61. The number of aromatic hydroxyl groups is 3. The Morgan fingerprint density at radius 3 is 2.00 bits per heavy atom. The van der Waals surface area contributed by atoms with Crippen molar-refractivity contribution in [1.29, 1.82) is 0 Å². The van der Waals surface area contributed by atoms with Gasteiger partial charge in [0.25, 0.3) is 0 Å². The molecule has 17 nitrogen and oxygen atoms in total. The molecular weight excluding hydrogens is 620 g/mol. The number of phenolic OH excluding ortho intramolecular Hbond substituents is 3. The first-order valence-corrected chi connectivity index (χ1v) is 13.9. The highest BCUT2D eigenvalue weighted by atomic mass is 16.7. The highest BCUT2D eigenvalue weighted by Crippen LogP contribution is 2.44. The van der Waals surface area contributed by atoms with E-state index in [4.69, 9.17) is 32.8 Å². The summed E-state index contributed by atoms with van der Waals surface area (Å²) in [5.41, 5.74) is -1.27. The van der Waals surface area contributed by atoms with Crippen molar-refractivity contribution in [3.63, 3.8) is 0 Å². The maximum absolute atomic E-state index is 13.8. The molecular formula is C29H34O17. The Labute approximate surface area is 259 Å². The quantitative estimate of drug-likeness (QED) is 0.135. The van der Waals surface area contributed by atoms with Gasteiger partial charge in [-0.1, -0.05) is 0 Å². The molecule has 0 saturated carbocycles. The molecule has 0 spiro atoms. The van der Waals surface area contributed by atoms with Gasteiger partial charge in [0.1, 0.15) is 65.2 Å². The smallest absolute Gasteiger partial charge is 0.239 e. The van der Waals surface area contributed by atoms with E-state index in [1.807, 2.05) is 0 Å². The summed E-state index contributed by atoms with van der Waals surface area (Å²) in [5, 5.41) is 92.7. The van der Waals surface area contributed by atoms with Crippen LogP contribution in [-0.2, 0) is 14.2 Å². The molecule has 2 aromatic carbocycles. The van der Waals surface area contributed by atoms with Crippen LogP contribution >= 0.6 is 0 Å². The van der Waals surface area contributed by atoms with Crippen molar-refractivity contribution in [3.8, 4) is 45.8 Å². The van der Waals surface area contributed by atoms with Crippen molar-refractivity contribution in [1.82, 2.24) is 0 Å². The molecule has 0 aliphatic carbocycles. The SMILES string of the molecule is COc1cc(-c2oc3cc(O)cc(O)c3c(=O)c2O[C@@H]2O[C@H](CO[C@@H]3O[C@H](C)[C@@H](O)[C@@H](O)[C@H]3O)[C@H](O)[C@@H](O)[C@H]2O)cc(OC)c1O. The molecule has 0 unspecified atom stereocenters. The summed E-state index contributed by atoms with van der Waals surface area (Å²) in [6, 6.07) is 4.45. The average Bonchev–Trinajstić information content (AvgIpc) is 3.02. The van der Waals surface area contributed by atoms with Crippen molar-refractivity contribution in [2.24, 2.45) is 0 Å². The molecule has 3 aromatic rings. The van der Waals surface area contributed by atoms with Crippen LogP contribution in [0.2, 0.25) is 0 Å². The van der Waals surface area contributed by atoms with E-state index in [1.54, 1.807) is 0 Å². The first-order valence-electron chi connectivity index (χ1n) is 13.9. The highest BCUT2D eigenvalue weighted by molar-refractivity contribution is 5.88. The second kappa shape index (κ2) is 13.1. The Hall–Kier alpha value is -3.91. The Kier molecular flexibility index (Phi) is 9.50. The van der Waals surface area contributed by atoms with Crippen molar-refractivity contribution in [3.05, 3.63) is 34.5 Å². The van der Waals surface area contributed by atoms with Gasteiger partial charge in [-0.15, -0.1) is 0 Å². The maximum Gasteiger partial charge on any atom is 0.239 e. The molecule has 46 heavy (non-hydrogen) atoms. The van der Waals surface area contributed by atoms with E-state index >= 15 is 0 Å². The predicted octanol–water partition coefficient (Wildman–Crippen LogP) is -1.38. The molecule has 1 aromatic heterocycles. The van der Waals surface area contributed by atoms with E-state index in [-0.39, 0.29) is 34.2 Å². The van der Waals surface area contributed by atoms with Crippen LogP contribution in [0.3, 0.4) is 0 Å². The highest BCUT2D eigenvalue weighted by Gasteiger charge is 2.48. The Morgan fingerprint density at radius 1 is 0.761 bits per heavy atom. The van der Waals surface area contributed by atoms with Crippen LogP contribution in [0.15, 0.2) is 33.5 Å². The van der Waals surface area contributed by atoms with E-state index in [2.05, 4.69) is 0 Å². The standard InChI is InChI=1S/C29H34O17/c1-9-18(32)22(36)24(38)28(43-9)42-8-16-20(34)23(37)25(39)29(45-16)46-27-21(35)17-12(31)6-11(30)7-13(17)44-26(27)10-4-14(40-2)19(33)15(5-10)41-3/h4-7,9,16,18,20,22-25,28-34,36-39H,8H2,1-3H3/t9-,16-,18-,20+,22-,23-,24-,25-,28-,29+/m1/s1. The third-order valence-corrected chi connectivity index (χ3v) is 7.80. The van der Waals surface area contributed by atoms with Gasteiger partial charge >= 0.3 is 0 Å². The second-order valence-corrected chi connectivity index (χ2v) is 10.8. The first kappa shape index (κ1) is 33.5. The second-order valence-electron chi connectivity index (χ2n) is 10.8. The number of aliphatic hydroxyl groups excluding tert-OH is 6. The fourth-order valence-corrected chi connectivity index (χ4v) is 5.20. The molecule has 9 N–H and O–H groups in total. The summed E-state index contributed by atoms with van der Waals surface area (Å²) in [4.78, 5) is 13.8. The third kappa shape index (κ3) is 5.99. The number of hydrogen-bond donors (Lipinski definition) is 9. The van der Waals surface area contributed by atoms with Crippen molar-refractivity contribution < 1.29 is 78.8 Å². The predicted molar refractivity (Wildman–Crippen MR) is 152 cm³/mol. The first-order chi connectivity index (χ1) is 21.8. The van der Waals surface area contributed by atoms with Crippen LogP contribution in [-0.4, -0.2) is 128 Å². The molecule has 0 bridgehead atoms. The van der Waals surface area contributed by atoms with Gasteiger partial charge in [0.2, 0.25) is 23.2 Å². The molecule has 2 aliphatic rings. The van der Waals surface area contributed by atoms with Crippen LogP contribution in [0.5, 0.6) is 34.5 Å². The lowest BCUT2D eigenvalue weighted by Gasteiger charge is -2.42. The van der Waals surface area contributed by atoms with Crippen molar-refractivity contribution >= 4 is 11.0 Å². The summed E-state index contributed by atoms with van der Waals surface area (Å²) < 4.78 is 38.6. The number of methoxy groups -OCH3 is 2. The van der Waals surface area contributed by atoms with Crippen molar-refractivity contribution in [2.45, 2.75) is 68.3 Å². The monoisotopic (exact) mass is 654 g/mol. The van der Waals surface area contributed by atoms with E-state index in [0.29, 0.717) is 0 Å². The van der Waals surface area contributed by atoms with Crippen LogP contribution < -0.4 is 19.6 Å². The summed E-state index contributed by atoms with van der Waals surface area (Å²) in [6.45, 7) is 0.824. The molecule has 17 heteroatoms. The molecule has 2 aliphatic heterocycles. The number of aliphatic hydroxyl groups is 6. The van der Waals surface area contributed by atoms with Crippen LogP contribution in [0.25, 0.3) is 22.3 Å². The lowest BCUT2D eigenvalue weighted by molar-refractivity contribution is -0.318. The molecule has 0 radical (unpaired) electrons. The molecule has 10 atom stereocenters. The zero-order chi connectivity index (χ0) is 33.6. The number of fused-ring (bicyclic) bond motifs is 1. The molecule has 3 heterocycles. The number of ether oxygens (including phenoxy) is 6. The van der Waals surface area contributed by atoms with Gasteiger partial charge in [-0.05, 0) is 19.1 Å². The fourth-order valence-electron chi connectivity index (χ4n) is 5.20. The topological polar surface area (TPSA) is 268 Å². The number of rotatable bonds is 8. The minimum absolute atomic E-state index is 0.0207. The fraction of sp³-hybridized carbons (Fsp3) is 0.483. The maximum atomic E-state index is 13.8. The van der Waals surface area contributed by atoms with Gasteiger partial charge in [0, 0.05) is 17.7 Å². The van der Waals surface area contributed by atoms with Crippen molar-refractivity contribution in [2.75, 3.05) is 20.8 Å². The molecule has 252 valence electrons. The normalized spacial score (nSPS) is 31.5. The summed E-state index contributed by atoms with van der Waals surface area (Å²) in [7, 11) is 2.51. The van der Waals surface area contributed by atoms with E-state index in [0.717, 1.165) is 12.1 Å². The minimum Gasteiger partial charge on any atom is -0.508 e. The van der Waals surface area contributed by atoms with Gasteiger partial charge < -0.3 is 78.8 Å². The average molecular weight is 655 g/mol. The van der Waals surface area contributed by atoms with Crippen LogP contribution in [0.4, 0.5) is 0 Å². The third-order valence-electron chi connectivity index (χ3n) is 7.80. The zero-order valence-electron chi connectivity index (χ0n) is 24.6. The number of phenols is 3. The van der Waals surface area contributed by atoms with E-state index in [9.17, 15) is 50.8 Å². The lowest BCUT2D eigenvalue weighted by atomic mass is 9.98. The Balaban J connectivity index is 1.52. The molecule has 2 saturated heterocycles. The molecule has 2 fully saturated rings. The molecule has 5 rings (SSSR count). The van der Waals surface area contributed by atoms with Gasteiger partial charge in [0.15, 0.2) is 23.5 Å². The Morgan fingerprint density at radius 2 is 1.37 bits per heavy atom. The van der Waals surface area contributed by atoms with Crippen LogP contribution in [0, 0.1) is 0 Å². The summed E-state index contributed by atoms with van der Waals surface area (Å²) >= 11 is 0. The molecule has 0 amide bonds. The van der Waals surface area contributed by atoms with E-state index in [1.165, 1.54) is 33.3 Å². The summed E-state index contributed by atoms with van der Waals surface area (Å²) in [6.07, 6.45) is -16.2. The van der Waals surface area contributed by atoms with Gasteiger partial charge in [-0.3, -0.25) is 4.79 Å². The number of hydrogen-bond acceptors (Lipinski definition) is 17. The van der Waals surface area contributed by atoms with Crippen LogP contribution in [0.1, 0.15) is 6.92 Å². The summed E-state index contributed by atoms with van der Waals surface area (Å²) in [5.74, 6) is -2.76. The van der Waals surface area contributed by atoms with E-state index < -0.39 is 96.1 Å². The van der Waals surface area contributed by atoms with Gasteiger partial charge in [0.05, 0.1) is 26.9 Å². The largest absolute Gasteiger partial charge is 0.508 e. The van der Waals surface area contributed by atoms with Gasteiger partial charge in [-0.25, -0.2) is 0 Å². The number of benzene rings is 2. The minimum atomic E-state index is -1.97.